The summed E-state index contributed by atoms with van der Waals surface area (Å²) >= 11 is 6.81. The van der Waals surface area contributed by atoms with Gasteiger partial charge < -0.3 is 14.7 Å². The predicted octanol–water partition coefficient (Wildman–Crippen LogP) is 12.4. The fraction of sp³-hybridized carbons (Fsp3) is 0.129. The minimum atomic E-state index is 0.710. The van der Waals surface area contributed by atoms with E-state index in [-0.39, 0.29) is 0 Å². The van der Waals surface area contributed by atoms with Crippen LogP contribution in [0, 0.1) is 13.8 Å². The van der Waals surface area contributed by atoms with Crippen LogP contribution in [0.15, 0.2) is 176 Å². The smallest absolute Gasteiger partial charge is 0.239 e. The van der Waals surface area contributed by atoms with Crippen LogP contribution in [0.25, 0.3) is 106 Å². The van der Waals surface area contributed by atoms with E-state index in [0.717, 1.165) is 134 Å². The molecule has 0 amide bonds. The van der Waals surface area contributed by atoms with E-state index in [0.29, 0.717) is 5.02 Å². The Kier molecular flexibility index (Phi) is 10.8. The molecule has 0 aliphatic rings. The normalized spacial score (nSPS) is 11.7. The molecular weight excluding hydrogens is 906 g/mol. The highest BCUT2D eigenvalue weighted by Crippen LogP contribution is 2.40. The van der Waals surface area contributed by atoms with Crippen LogP contribution in [0.1, 0.15) is 11.1 Å². The number of aromatic nitrogens is 6. The van der Waals surface area contributed by atoms with Gasteiger partial charge in [-0.15, -0.1) is 13.7 Å². The number of rotatable bonds is 8. The van der Waals surface area contributed by atoms with Crippen LogP contribution in [0.5, 0.6) is 0 Å². The lowest BCUT2D eigenvalue weighted by atomic mass is 9.96. The highest BCUT2D eigenvalue weighted by Gasteiger charge is 2.29. The molecule has 10 heteroatoms. The molecule has 0 aliphatic heterocycles. The fourth-order valence-corrected chi connectivity index (χ4v) is 10.6. The minimum absolute atomic E-state index is 0.710. The monoisotopic (exact) mass is 958 g/mol. The summed E-state index contributed by atoms with van der Waals surface area (Å²) in [6.45, 7) is 4.23. The molecule has 12 aromatic rings. The third-order valence-electron chi connectivity index (χ3n) is 14.0. The Hall–Kier alpha value is -8.53. The molecule has 0 bridgehead atoms. The Morgan fingerprint density at radius 3 is 1.29 bits per heavy atom. The number of hydrogen-bond donors (Lipinski definition) is 0. The van der Waals surface area contributed by atoms with Gasteiger partial charge in [0.1, 0.15) is 33.1 Å². The average molecular weight is 960 g/mol. The maximum Gasteiger partial charge on any atom is 0.239 e. The zero-order valence-electron chi connectivity index (χ0n) is 41.6. The summed E-state index contributed by atoms with van der Waals surface area (Å²) in [6.07, 6.45) is 0. The van der Waals surface area contributed by atoms with Crippen LogP contribution in [0.4, 0.5) is 17.1 Å². The van der Waals surface area contributed by atoms with Gasteiger partial charge in [0.2, 0.25) is 50.2 Å². The van der Waals surface area contributed by atoms with E-state index < -0.39 is 0 Å². The number of aryl methyl sites for hydroxylation is 2. The summed E-state index contributed by atoms with van der Waals surface area (Å²) < 4.78 is 6.99. The third-order valence-corrected chi connectivity index (χ3v) is 14.4. The van der Waals surface area contributed by atoms with Crippen molar-refractivity contribution in [3.8, 4) is 39.3 Å². The Morgan fingerprint density at radius 1 is 0.347 bits per heavy atom. The maximum absolute atomic E-state index is 6.81. The molecule has 0 N–H and O–H groups in total. The van der Waals surface area contributed by atoms with E-state index in [2.05, 4.69) is 241 Å². The van der Waals surface area contributed by atoms with Crippen molar-refractivity contribution in [3.05, 3.63) is 192 Å². The lowest BCUT2D eigenvalue weighted by Crippen LogP contribution is -2.34. The van der Waals surface area contributed by atoms with Crippen molar-refractivity contribution >= 4 is 94.9 Å². The van der Waals surface area contributed by atoms with E-state index in [1.54, 1.807) is 0 Å². The first-order valence-corrected chi connectivity index (χ1v) is 24.6. The van der Waals surface area contributed by atoms with Gasteiger partial charge in [0.15, 0.2) is 0 Å². The molecule has 72 heavy (non-hydrogen) atoms. The molecule has 3 heterocycles. The lowest BCUT2D eigenvalue weighted by molar-refractivity contribution is -0.538. The topological polar surface area (TPSA) is 60.0 Å². The Bertz CT molecular complexity index is 4160. The molecule has 0 fully saturated rings. The molecule has 0 aliphatic carbocycles. The molecule has 0 radical (unpaired) electrons. The number of fused-ring (bicyclic) bond motifs is 6. The molecule has 0 saturated carbocycles. The van der Waals surface area contributed by atoms with Crippen molar-refractivity contribution in [2.24, 2.45) is 0 Å². The SMILES string of the molecule is Cc1cc2nc3cc(-c4cc5c(cc4C)nc4cc(-c6ccc7nc8ccc(N(C)C)cc8[n+](-c8ccccc8)c7c6)c(N(C)C)cc4[n+]5-c4ccccc4)c(N(C)C)cc3[n+](-c3ccccc3)c2cc1Cl. The van der Waals surface area contributed by atoms with Crippen molar-refractivity contribution < 1.29 is 13.7 Å². The second kappa shape index (κ2) is 17.4. The summed E-state index contributed by atoms with van der Waals surface area (Å²) in [5, 5.41) is 0.710. The molecule has 3 aromatic heterocycles. The minimum Gasteiger partial charge on any atom is -0.377 e. The first kappa shape index (κ1) is 44.7. The van der Waals surface area contributed by atoms with Crippen LogP contribution in [-0.4, -0.2) is 57.2 Å². The maximum atomic E-state index is 6.81. The second-order valence-corrected chi connectivity index (χ2v) is 19.8. The molecule has 9 nitrogen and oxygen atoms in total. The molecule has 0 atom stereocenters. The van der Waals surface area contributed by atoms with Crippen LogP contribution >= 0.6 is 11.6 Å². The quantitative estimate of drug-likeness (QED) is 0.112. The number of anilines is 3. The van der Waals surface area contributed by atoms with Gasteiger partial charge in [0.05, 0.1) is 16.4 Å². The first-order chi connectivity index (χ1) is 34.9. The summed E-state index contributed by atoms with van der Waals surface area (Å²) in [5.74, 6) is 0. The molecule has 9 aromatic carbocycles. The zero-order valence-corrected chi connectivity index (χ0v) is 42.4. The summed E-state index contributed by atoms with van der Waals surface area (Å²) in [6, 6.07) is 62.6. The average Bonchev–Trinajstić information content (AvgIpc) is 3.38. The zero-order chi connectivity index (χ0) is 49.5. The van der Waals surface area contributed by atoms with Gasteiger partial charge in [-0.1, -0.05) is 72.3 Å². The van der Waals surface area contributed by atoms with E-state index in [4.69, 9.17) is 26.6 Å². The predicted molar refractivity (Wildman–Crippen MR) is 298 cm³/mol. The van der Waals surface area contributed by atoms with Gasteiger partial charge in [-0.25, -0.2) is 15.0 Å². The second-order valence-electron chi connectivity index (χ2n) is 19.4. The molecule has 0 unspecified atom stereocenters. The van der Waals surface area contributed by atoms with E-state index in [1.165, 1.54) is 0 Å². The van der Waals surface area contributed by atoms with Crippen molar-refractivity contribution in [1.82, 2.24) is 15.0 Å². The van der Waals surface area contributed by atoms with Crippen LogP contribution in [0.2, 0.25) is 5.02 Å². The van der Waals surface area contributed by atoms with Gasteiger partial charge in [-0.2, -0.15) is 0 Å². The largest absolute Gasteiger partial charge is 0.377 e. The standard InChI is InChI=1S/C62H53ClN9/c1-38-28-51-59(34-45(38)47-33-54-62(37-56(47)69(7)8)72(43-22-16-11-17-23-43)60-35-48(63)39(2)29-52(60)66-54)71(42-20-14-10-15-21-42)61-36-55(68(5)6)46(32-53(61)65-51)40-24-26-49-57(30-40)70(41-18-12-9-13-19-41)58-31-44(67(3)4)25-27-50(58)64-49/h9-37H,1-8H3/q+3. The van der Waals surface area contributed by atoms with Gasteiger partial charge in [0, 0.05) is 132 Å². The number of benzene rings is 9. The summed E-state index contributed by atoms with van der Waals surface area (Å²) in [7, 11) is 12.6. The molecule has 0 saturated heterocycles. The highest BCUT2D eigenvalue weighted by atomic mass is 35.5. The number of nitrogens with zero attached hydrogens (tertiary/aromatic N) is 9. The van der Waals surface area contributed by atoms with Crippen molar-refractivity contribution in [2.45, 2.75) is 13.8 Å². The molecule has 12 rings (SSSR count). The van der Waals surface area contributed by atoms with Crippen molar-refractivity contribution in [2.75, 3.05) is 57.0 Å². The molecule has 0 spiro atoms. The summed E-state index contributed by atoms with van der Waals surface area (Å²) in [5.41, 5.74) is 24.2. The fourth-order valence-electron chi connectivity index (χ4n) is 10.4. The summed E-state index contributed by atoms with van der Waals surface area (Å²) in [4.78, 5) is 22.6. The van der Waals surface area contributed by atoms with Crippen LogP contribution in [0.3, 0.4) is 0 Å². The Labute approximate surface area is 423 Å². The van der Waals surface area contributed by atoms with Gasteiger partial charge in [0.25, 0.3) is 0 Å². The third kappa shape index (κ3) is 7.47. The van der Waals surface area contributed by atoms with E-state index >= 15 is 0 Å². The van der Waals surface area contributed by atoms with E-state index in [1.807, 2.05) is 19.1 Å². The molecular formula is C62H53ClN9+3. The van der Waals surface area contributed by atoms with E-state index in [9.17, 15) is 0 Å². The van der Waals surface area contributed by atoms with Gasteiger partial charge >= 0.3 is 0 Å². The number of hydrogen-bond acceptors (Lipinski definition) is 6. The highest BCUT2D eigenvalue weighted by molar-refractivity contribution is 6.32. The van der Waals surface area contributed by atoms with Gasteiger partial charge in [-0.3, -0.25) is 0 Å². The lowest BCUT2D eigenvalue weighted by Gasteiger charge is -2.20. The number of para-hydroxylation sites is 3. The van der Waals surface area contributed by atoms with Crippen molar-refractivity contribution in [1.29, 1.82) is 0 Å². The van der Waals surface area contributed by atoms with Crippen LogP contribution in [-0.2, 0) is 0 Å². The Morgan fingerprint density at radius 2 is 0.764 bits per heavy atom. The van der Waals surface area contributed by atoms with Crippen molar-refractivity contribution in [3.63, 3.8) is 0 Å². The first-order valence-electron chi connectivity index (χ1n) is 24.2. The van der Waals surface area contributed by atoms with Crippen LogP contribution < -0.4 is 28.4 Å². The Balaban J connectivity index is 1.10. The number of halogens is 1. The molecule has 350 valence electrons. The van der Waals surface area contributed by atoms with Gasteiger partial charge in [-0.05, 0) is 78.6 Å².